The molecule has 4 heteroatoms. The van der Waals surface area contributed by atoms with Gasteiger partial charge in [0.15, 0.2) is 0 Å². The molecule has 2 rings (SSSR count). The molecule has 0 aromatic carbocycles. The van der Waals surface area contributed by atoms with E-state index in [1.165, 1.54) is 57.8 Å². The van der Waals surface area contributed by atoms with Gasteiger partial charge in [0.05, 0.1) is 25.0 Å². The lowest BCUT2D eigenvalue weighted by Crippen LogP contribution is -2.36. The predicted molar refractivity (Wildman–Crippen MR) is 116 cm³/mol. The van der Waals surface area contributed by atoms with Crippen LogP contribution in [0.5, 0.6) is 0 Å². The van der Waals surface area contributed by atoms with Crippen LogP contribution in [-0.4, -0.2) is 25.2 Å². The molecule has 0 spiro atoms. The number of hydrogen-bond acceptors (Lipinski definition) is 4. The number of ether oxygens (including phenoxy) is 2. The summed E-state index contributed by atoms with van der Waals surface area (Å²) < 4.78 is 11.1. The second kappa shape index (κ2) is 14.0. The smallest absolute Gasteiger partial charge is 0.309 e. The Morgan fingerprint density at radius 2 is 0.966 bits per heavy atom. The first kappa shape index (κ1) is 24.2. The maximum absolute atomic E-state index is 12.7. The number of rotatable bonds is 16. The van der Waals surface area contributed by atoms with Gasteiger partial charge in [-0.1, -0.05) is 78.1 Å². The van der Waals surface area contributed by atoms with Crippen LogP contribution in [0.1, 0.15) is 110 Å². The molecule has 0 aliphatic heterocycles. The quantitative estimate of drug-likeness (QED) is 0.217. The Bertz CT molecular complexity index is 433. The number of carbonyl (C=O) groups excluding carboxylic acids is 2. The molecular formula is C25H44O4. The van der Waals surface area contributed by atoms with Gasteiger partial charge in [0.2, 0.25) is 0 Å². The summed E-state index contributed by atoms with van der Waals surface area (Å²) >= 11 is 0. The topological polar surface area (TPSA) is 52.6 Å². The summed E-state index contributed by atoms with van der Waals surface area (Å²) in [6.07, 6.45) is 16.9. The van der Waals surface area contributed by atoms with Crippen LogP contribution in [0, 0.1) is 23.7 Å². The van der Waals surface area contributed by atoms with Crippen LogP contribution in [0.4, 0.5) is 0 Å². The van der Waals surface area contributed by atoms with Crippen molar-refractivity contribution < 1.29 is 19.1 Å². The minimum atomic E-state index is -0.282. The summed E-state index contributed by atoms with van der Waals surface area (Å²) in [7, 11) is 0. The molecule has 2 fully saturated rings. The third-order valence-corrected chi connectivity index (χ3v) is 6.76. The summed E-state index contributed by atoms with van der Waals surface area (Å²) in [5, 5.41) is 0. The summed E-state index contributed by atoms with van der Waals surface area (Å²) in [6.45, 7) is 5.42. The Morgan fingerprint density at radius 3 is 1.38 bits per heavy atom. The molecule has 0 aromatic rings. The molecule has 2 aliphatic rings. The molecule has 0 amide bonds. The lowest BCUT2D eigenvalue weighted by molar-refractivity contribution is -0.163. The van der Waals surface area contributed by atoms with E-state index >= 15 is 0 Å². The van der Waals surface area contributed by atoms with Crippen molar-refractivity contribution in [3.8, 4) is 0 Å². The number of unbranched alkanes of at least 4 members (excludes halogenated alkanes) is 10. The molecule has 0 radical (unpaired) electrons. The van der Waals surface area contributed by atoms with E-state index in [4.69, 9.17) is 9.47 Å². The molecule has 2 saturated carbocycles. The van der Waals surface area contributed by atoms with Gasteiger partial charge in [-0.25, -0.2) is 0 Å². The second-order valence-corrected chi connectivity index (χ2v) is 9.31. The molecule has 0 aromatic heterocycles. The highest BCUT2D eigenvalue weighted by Gasteiger charge is 2.51. The van der Waals surface area contributed by atoms with Gasteiger partial charge in [-0.05, 0) is 43.9 Å². The summed E-state index contributed by atoms with van der Waals surface area (Å²) in [5.41, 5.74) is 0. The van der Waals surface area contributed by atoms with Crippen LogP contribution >= 0.6 is 0 Å². The largest absolute Gasteiger partial charge is 0.465 e. The van der Waals surface area contributed by atoms with Gasteiger partial charge >= 0.3 is 11.9 Å². The van der Waals surface area contributed by atoms with E-state index in [1.807, 2.05) is 0 Å². The lowest BCUT2D eigenvalue weighted by atomic mass is 9.79. The highest BCUT2D eigenvalue weighted by molar-refractivity contribution is 5.82. The zero-order chi connectivity index (χ0) is 20.9. The molecule has 2 aliphatic carbocycles. The molecule has 0 saturated heterocycles. The zero-order valence-electron chi connectivity index (χ0n) is 19.0. The molecule has 0 heterocycles. The minimum Gasteiger partial charge on any atom is -0.465 e. The van der Waals surface area contributed by atoms with E-state index in [0.29, 0.717) is 25.0 Å². The van der Waals surface area contributed by atoms with E-state index in [0.717, 1.165) is 38.5 Å². The average Bonchev–Trinajstić information content (AvgIpc) is 3.49. The van der Waals surface area contributed by atoms with E-state index in [-0.39, 0.29) is 23.8 Å². The van der Waals surface area contributed by atoms with Crippen molar-refractivity contribution in [3.63, 3.8) is 0 Å². The van der Waals surface area contributed by atoms with Crippen LogP contribution in [0.25, 0.3) is 0 Å². The van der Waals surface area contributed by atoms with Gasteiger partial charge < -0.3 is 9.47 Å². The van der Waals surface area contributed by atoms with Gasteiger partial charge in [-0.15, -0.1) is 0 Å². The van der Waals surface area contributed by atoms with Crippen molar-refractivity contribution >= 4 is 11.9 Å². The van der Waals surface area contributed by atoms with Gasteiger partial charge in [0.1, 0.15) is 0 Å². The lowest BCUT2D eigenvalue weighted by Gasteiger charge is -2.28. The van der Waals surface area contributed by atoms with E-state index in [9.17, 15) is 9.59 Å². The third-order valence-electron chi connectivity index (χ3n) is 6.76. The van der Waals surface area contributed by atoms with Crippen molar-refractivity contribution in [1.82, 2.24) is 0 Å². The average molecular weight is 409 g/mol. The summed E-state index contributed by atoms with van der Waals surface area (Å²) in [5.74, 6) is 0.371. The van der Waals surface area contributed by atoms with E-state index in [2.05, 4.69) is 13.8 Å². The third kappa shape index (κ3) is 9.09. The standard InChI is InChI=1S/C25H44O4/c1-3-5-7-9-11-13-15-28-24(26)22-18-20-17-21(20)19-23(22)25(27)29-16-14-12-10-8-6-4-2/h20-23H,3-19H2,1-2H3. The Kier molecular flexibility index (Phi) is 11.7. The Morgan fingerprint density at radius 1 is 0.586 bits per heavy atom. The van der Waals surface area contributed by atoms with Crippen LogP contribution in [0.15, 0.2) is 0 Å². The Balaban J connectivity index is 1.65. The summed E-state index contributed by atoms with van der Waals surface area (Å²) in [4.78, 5) is 25.3. The number of hydrogen-bond donors (Lipinski definition) is 0. The second-order valence-electron chi connectivity index (χ2n) is 9.31. The van der Waals surface area contributed by atoms with Crippen molar-refractivity contribution in [1.29, 1.82) is 0 Å². The molecule has 0 N–H and O–H groups in total. The molecule has 168 valence electrons. The number of carbonyl (C=O) groups is 2. The molecule has 0 bridgehead atoms. The van der Waals surface area contributed by atoms with Crippen molar-refractivity contribution in [2.24, 2.45) is 23.7 Å². The maximum Gasteiger partial charge on any atom is 0.309 e. The maximum atomic E-state index is 12.7. The van der Waals surface area contributed by atoms with Crippen LogP contribution < -0.4 is 0 Å². The van der Waals surface area contributed by atoms with Crippen molar-refractivity contribution in [2.45, 2.75) is 110 Å². The Hall–Kier alpha value is -1.06. The fraction of sp³-hybridized carbons (Fsp3) is 0.920. The minimum absolute atomic E-state index is 0.162. The fourth-order valence-corrected chi connectivity index (χ4v) is 4.71. The molecule has 4 unspecified atom stereocenters. The fourth-order valence-electron chi connectivity index (χ4n) is 4.71. The monoisotopic (exact) mass is 408 g/mol. The van der Waals surface area contributed by atoms with Gasteiger partial charge in [0, 0.05) is 0 Å². The van der Waals surface area contributed by atoms with Crippen LogP contribution in [0.3, 0.4) is 0 Å². The van der Waals surface area contributed by atoms with Gasteiger partial charge in [-0.2, -0.15) is 0 Å². The zero-order valence-corrected chi connectivity index (χ0v) is 19.0. The molecule has 4 nitrogen and oxygen atoms in total. The molecular weight excluding hydrogens is 364 g/mol. The predicted octanol–water partition coefficient (Wildman–Crippen LogP) is 6.46. The highest BCUT2D eigenvalue weighted by atomic mass is 16.5. The van der Waals surface area contributed by atoms with Crippen molar-refractivity contribution in [2.75, 3.05) is 13.2 Å². The first-order valence-electron chi connectivity index (χ1n) is 12.5. The van der Waals surface area contributed by atoms with Crippen LogP contribution in [-0.2, 0) is 19.1 Å². The van der Waals surface area contributed by atoms with E-state index < -0.39 is 0 Å². The number of fused-ring (bicyclic) bond motifs is 1. The van der Waals surface area contributed by atoms with Crippen LogP contribution in [0.2, 0.25) is 0 Å². The van der Waals surface area contributed by atoms with Crippen molar-refractivity contribution in [3.05, 3.63) is 0 Å². The molecule has 29 heavy (non-hydrogen) atoms. The highest BCUT2D eigenvalue weighted by Crippen LogP contribution is 2.54. The first-order valence-corrected chi connectivity index (χ1v) is 12.5. The molecule has 4 atom stereocenters. The normalized spacial score (nSPS) is 25.3. The first-order chi connectivity index (χ1) is 14.2. The van der Waals surface area contributed by atoms with Gasteiger partial charge in [-0.3, -0.25) is 9.59 Å². The Labute approximate surface area is 178 Å². The summed E-state index contributed by atoms with van der Waals surface area (Å²) in [6, 6.07) is 0. The van der Waals surface area contributed by atoms with Gasteiger partial charge in [0.25, 0.3) is 0 Å². The number of esters is 2. The van der Waals surface area contributed by atoms with E-state index in [1.54, 1.807) is 0 Å². The SMILES string of the molecule is CCCCCCCCOC(=O)C1CC2CC2CC1C(=O)OCCCCCCCC.